The third kappa shape index (κ3) is 3.37. The molecule has 2 amide bonds. The number of rotatable bonds is 1. The minimum atomic E-state index is -0.340. The monoisotopic (exact) mass is 278 g/mol. The lowest BCUT2D eigenvalue weighted by atomic mass is 9.93. The van der Waals surface area contributed by atoms with E-state index in [1.807, 2.05) is 25.7 Å². The Kier molecular flexibility index (Phi) is 4.11. The van der Waals surface area contributed by atoms with Crippen molar-refractivity contribution in [2.45, 2.75) is 39.7 Å². The average Bonchev–Trinajstić information content (AvgIpc) is 2.91. The van der Waals surface area contributed by atoms with Crippen LogP contribution in [0, 0.1) is 5.41 Å². The van der Waals surface area contributed by atoms with Gasteiger partial charge in [0.05, 0.1) is 0 Å². The molecule has 0 aromatic carbocycles. The lowest BCUT2D eigenvalue weighted by Crippen LogP contribution is -2.49. The van der Waals surface area contributed by atoms with E-state index >= 15 is 0 Å². The summed E-state index contributed by atoms with van der Waals surface area (Å²) in [5.74, 6) is 0.178. The number of carbonyl (C=O) groups excluding carboxylic acids is 2. The molecule has 0 bridgehead atoms. The van der Waals surface area contributed by atoms with E-state index in [1.54, 1.807) is 12.4 Å². The fourth-order valence-corrected chi connectivity index (χ4v) is 2.33. The summed E-state index contributed by atoms with van der Waals surface area (Å²) < 4.78 is 1.42. The van der Waals surface area contributed by atoms with E-state index in [9.17, 15) is 9.59 Å². The molecule has 1 saturated heterocycles. The lowest BCUT2D eigenvalue weighted by Gasteiger charge is -2.35. The summed E-state index contributed by atoms with van der Waals surface area (Å²) >= 11 is 0. The van der Waals surface area contributed by atoms with Crippen molar-refractivity contribution in [2.75, 3.05) is 13.1 Å². The van der Waals surface area contributed by atoms with Crippen LogP contribution in [0.4, 0.5) is 4.79 Å². The number of nitrogens with zero attached hydrogens (tertiary/aromatic N) is 3. The van der Waals surface area contributed by atoms with E-state index in [2.05, 4.69) is 10.3 Å². The van der Waals surface area contributed by atoms with Crippen molar-refractivity contribution in [1.82, 2.24) is 19.8 Å². The van der Waals surface area contributed by atoms with Crippen LogP contribution in [0.3, 0.4) is 0 Å². The zero-order valence-corrected chi connectivity index (χ0v) is 12.3. The summed E-state index contributed by atoms with van der Waals surface area (Å²) in [5, 5.41) is 2.97. The molecule has 2 heterocycles. The van der Waals surface area contributed by atoms with Crippen molar-refractivity contribution in [3.63, 3.8) is 0 Å². The first-order chi connectivity index (χ1) is 9.38. The molecule has 110 valence electrons. The number of amides is 2. The van der Waals surface area contributed by atoms with Gasteiger partial charge in [0.15, 0.2) is 0 Å². The third-order valence-corrected chi connectivity index (χ3v) is 3.49. The molecule has 1 aromatic heterocycles. The van der Waals surface area contributed by atoms with Crippen LogP contribution < -0.4 is 5.32 Å². The highest BCUT2D eigenvalue weighted by Gasteiger charge is 2.30. The van der Waals surface area contributed by atoms with Crippen molar-refractivity contribution in [2.24, 2.45) is 5.41 Å². The van der Waals surface area contributed by atoms with E-state index in [0.717, 1.165) is 12.8 Å². The smallest absolute Gasteiger partial charge is 0.327 e. The van der Waals surface area contributed by atoms with Crippen molar-refractivity contribution in [3.8, 4) is 0 Å². The van der Waals surface area contributed by atoms with Gasteiger partial charge in [-0.3, -0.25) is 9.36 Å². The predicted molar refractivity (Wildman–Crippen MR) is 75.2 cm³/mol. The Bertz CT molecular complexity index is 468. The molecular formula is C14H22N4O2. The number of hydrogen-bond acceptors (Lipinski definition) is 3. The van der Waals surface area contributed by atoms with Crippen LogP contribution >= 0.6 is 0 Å². The normalized spacial score (nSPS) is 17.1. The summed E-state index contributed by atoms with van der Waals surface area (Å²) in [5.41, 5.74) is -0.340. The largest absolute Gasteiger partial charge is 0.342 e. The molecule has 20 heavy (non-hydrogen) atoms. The van der Waals surface area contributed by atoms with Crippen LogP contribution in [-0.2, 0) is 4.79 Å². The van der Waals surface area contributed by atoms with Crippen LogP contribution in [-0.4, -0.2) is 45.5 Å². The molecule has 0 unspecified atom stereocenters. The number of likely N-dealkylation sites (tertiary alicyclic amines) is 1. The minimum absolute atomic E-state index is 0.119. The second-order valence-electron chi connectivity index (χ2n) is 6.24. The van der Waals surface area contributed by atoms with Crippen molar-refractivity contribution < 1.29 is 9.59 Å². The van der Waals surface area contributed by atoms with Crippen LogP contribution in [0.1, 0.15) is 33.6 Å². The van der Waals surface area contributed by atoms with Crippen LogP contribution in [0.25, 0.3) is 0 Å². The number of piperidine rings is 1. The minimum Gasteiger partial charge on any atom is -0.342 e. The van der Waals surface area contributed by atoms with Gasteiger partial charge in [0, 0.05) is 36.9 Å². The summed E-state index contributed by atoms with van der Waals surface area (Å²) in [6, 6.07) is -0.0444. The molecule has 1 aromatic rings. The highest BCUT2D eigenvalue weighted by Crippen LogP contribution is 2.20. The summed E-state index contributed by atoms with van der Waals surface area (Å²) in [4.78, 5) is 29.8. The zero-order chi connectivity index (χ0) is 14.8. The maximum absolute atomic E-state index is 12.2. The molecular weight excluding hydrogens is 256 g/mol. The molecule has 0 radical (unpaired) electrons. The molecule has 0 spiro atoms. The quantitative estimate of drug-likeness (QED) is 0.846. The Balaban J connectivity index is 1.83. The molecule has 6 heteroatoms. The molecule has 0 atom stereocenters. The molecule has 6 nitrogen and oxygen atoms in total. The second-order valence-corrected chi connectivity index (χ2v) is 6.24. The van der Waals surface area contributed by atoms with E-state index in [1.165, 1.54) is 10.9 Å². The Morgan fingerprint density at radius 1 is 1.25 bits per heavy atom. The maximum Gasteiger partial charge on any atom is 0.327 e. The zero-order valence-electron chi connectivity index (χ0n) is 12.3. The van der Waals surface area contributed by atoms with E-state index in [4.69, 9.17) is 0 Å². The van der Waals surface area contributed by atoms with Crippen molar-refractivity contribution in [1.29, 1.82) is 0 Å². The van der Waals surface area contributed by atoms with E-state index in [-0.39, 0.29) is 23.4 Å². The summed E-state index contributed by atoms with van der Waals surface area (Å²) in [6.07, 6.45) is 6.26. The highest BCUT2D eigenvalue weighted by molar-refractivity contribution is 5.81. The Labute approximate surface area is 119 Å². The number of imidazole rings is 1. The Morgan fingerprint density at radius 2 is 1.90 bits per heavy atom. The van der Waals surface area contributed by atoms with Crippen molar-refractivity contribution >= 4 is 11.9 Å². The van der Waals surface area contributed by atoms with Gasteiger partial charge in [-0.25, -0.2) is 9.78 Å². The predicted octanol–water partition coefficient (Wildman–Crippen LogP) is 1.48. The fraction of sp³-hybridized carbons (Fsp3) is 0.643. The first-order valence-electron chi connectivity index (χ1n) is 6.96. The van der Waals surface area contributed by atoms with Gasteiger partial charge in [-0.2, -0.15) is 0 Å². The Morgan fingerprint density at radius 3 is 2.40 bits per heavy atom. The van der Waals surface area contributed by atoms with Gasteiger partial charge in [0.25, 0.3) is 0 Å². The highest BCUT2D eigenvalue weighted by atomic mass is 16.2. The summed E-state index contributed by atoms with van der Waals surface area (Å²) in [7, 11) is 0. The van der Waals surface area contributed by atoms with E-state index in [0.29, 0.717) is 13.1 Å². The van der Waals surface area contributed by atoms with E-state index < -0.39 is 0 Å². The number of aromatic nitrogens is 2. The third-order valence-electron chi connectivity index (χ3n) is 3.49. The van der Waals surface area contributed by atoms with Crippen LogP contribution in [0.15, 0.2) is 18.7 Å². The molecule has 1 fully saturated rings. The SMILES string of the molecule is CC(C)(C)C(=O)N1CCC(NC(=O)n2ccnc2)CC1. The van der Waals surface area contributed by atoms with Gasteiger partial charge in [-0.05, 0) is 12.8 Å². The topological polar surface area (TPSA) is 67.2 Å². The Hall–Kier alpha value is -1.85. The first-order valence-corrected chi connectivity index (χ1v) is 6.96. The van der Waals surface area contributed by atoms with Gasteiger partial charge >= 0.3 is 6.03 Å². The molecule has 0 saturated carbocycles. The number of hydrogen-bond donors (Lipinski definition) is 1. The average molecular weight is 278 g/mol. The van der Waals surface area contributed by atoms with Gasteiger partial charge in [-0.15, -0.1) is 0 Å². The number of carbonyl (C=O) groups is 2. The molecule has 1 N–H and O–H groups in total. The van der Waals surface area contributed by atoms with Crippen LogP contribution in [0.2, 0.25) is 0 Å². The second kappa shape index (κ2) is 5.64. The number of nitrogens with one attached hydrogen (secondary N) is 1. The molecule has 1 aliphatic rings. The first kappa shape index (κ1) is 14.6. The standard InChI is InChI=1S/C14H22N4O2/c1-14(2,3)12(19)17-7-4-11(5-8-17)16-13(20)18-9-6-15-10-18/h6,9-11H,4-5,7-8H2,1-3H3,(H,16,20). The maximum atomic E-state index is 12.2. The van der Waals surface area contributed by atoms with Crippen LogP contribution in [0.5, 0.6) is 0 Å². The lowest BCUT2D eigenvalue weighted by molar-refractivity contribution is -0.140. The fourth-order valence-electron chi connectivity index (χ4n) is 2.33. The molecule has 2 rings (SSSR count). The van der Waals surface area contributed by atoms with Crippen molar-refractivity contribution in [3.05, 3.63) is 18.7 Å². The molecule has 1 aliphatic heterocycles. The van der Waals surface area contributed by atoms with Gasteiger partial charge in [-0.1, -0.05) is 20.8 Å². The van der Waals surface area contributed by atoms with Gasteiger partial charge in [0.1, 0.15) is 6.33 Å². The summed E-state index contributed by atoms with van der Waals surface area (Å²) in [6.45, 7) is 7.20. The molecule has 0 aliphatic carbocycles. The van der Waals surface area contributed by atoms with Gasteiger partial charge < -0.3 is 10.2 Å². The van der Waals surface area contributed by atoms with Gasteiger partial charge in [0.2, 0.25) is 5.91 Å².